The zero-order chi connectivity index (χ0) is 6.53. The highest BCUT2D eigenvalue weighted by molar-refractivity contribution is 5.01. The fourth-order valence-electron chi connectivity index (χ4n) is 0.588. The molecule has 0 aliphatic carbocycles. The lowest BCUT2D eigenvalue weighted by Gasteiger charge is -1.94. The minimum Gasteiger partial charge on any atom is -0.373 e. The van der Waals surface area contributed by atoms with Gasteiger partial charge in [0.1, 0.15) is 0 Å². The van der Waals surface area contributed by atoms with Crippen molar-refractivity contribution in [1.29, 1.82) is 0 Å². The minimum absolute atomic E-state index is 0.487. The summed E-state index contributed by atoms with van der Waals surface area (Å²) in [6.45, 7) is 0.487. The maximum atomic E-state index is 4.62. The largest absolute Gasteiger partial charge is 0.373 e. The van der Waals surface area contributed by atoms with E-state index in [1.54, 1.807) is 6.20 Å². The molecular weight excluding hydrogens is 114 g/mol. The number of nitrogens with zero attached hydrogens (tertiary/aromatic N) is 1. The molecule has 0 spiro atoms. The molecule has 47 valence electrons. The molecule has 0 aliphatic rings. The summed E-state index contributed by atoms with van der Waals surface area (Å²) in [4.78, 5) is 4.00. The zero-order valence-corrected chi connectivity index (χ0v) is 5.08. The van der Waals surface area contributed by atoms with Gasteiger partial charge in [-0.3, -0.25) is 4.98 Å². The highest BCUT2D eigenvalue weighted by atomic mass is 16.5. The minimum atomic E-state index is 0.487. The average molecular weight is 122 g/mol. The third kappa shape index (κ3) is 1.82. The lowest BCUT2D eigenvalue weighted by Crippen LogP contribution is -1.87. The van der Waals surface area contributed by atoms with E-state index in [0.717, 1.165) is 5.69 Å². The van der Waals surface area contributed by atoms with Crippen LogP contribution in [0.15, 0.2) is 24.4 Å². The van der Waals surface area contributed by atoms with Crippen molar-refractivity contribution in [2.45, 2.75) is 6.61 Å². The molecule has 0 unspecified atom stereocenters. The predicted octanol–water partition coefficient (Wildman–Crippen LogP) is 1.39. The first-order valence-corrected chi connectivity index (χ1v) is 2.70. The Kier molecular flexibility index (Phi) is 2.22. The van der Waals surface area contributed by atoms with E-state index in [4.69, 9.17) is 0 Å². The van der Waals surface area contributed by atoms with Crippen LogP contribution in [0.5, 0.6) is 0 Å². The molecule has 9 heavy (non-hydrogen) atoms. The van der Waals surface area contributed by atoms with Gasteiger partial charge in [-0.05, 0) is 12.1 Å². The first kappa shape index (κ1) is 6.23. The first-order chi connectivity index (χ1) is 4.43. The van der Waals surface area contributed by atoms with E-state index in [1.807, 2.05) is 18.2 Å². The second-order valence-electron chi connectivity index (χ2n) is 1.67. The third-order valence-corrected chi connectivity index (χ3v) is 0.976. The van der Waals surface area contributed by atoms with Crippen molar-refractivity contribution in [1.82, 2.24) is 4.98 Å². The van der Waals surface area contributed by atoms with Crippen LogP contribution < -0.4 is 0 Å². The van der Waals surface area contributed by atoms with Gasteiger partial charge in [0.2, 0.25) is 0 Å². The predicted molar refractivity (Wildman–Crippen MR) is 34.4 cm³/mol. The molecule has 0 fully saturated rings. The molecule has 1 rings (SSSR count). The molecule has 0 saturated carbocycles. The van der Waals surface area contributed by atoms with Crippen LogP contribution in [0, 0.1) is 7.11 Å². The quantitative estimate of drug-likeness (QED) is 0.591. The third-order valence-electron chi connectivity index (χ3n) is 0.976. The van der Waals surface area contributed by atoms with E-state index in [-0.39, 0.29) is 0 Å². The van der Waals surface area contributed by atoms with Crippen molar-refractivity contribution < 1.29 is 4.74 Å². The van der Waals surface area contributed by atoms with Crippen molar-refractivity contribution in [3.8, 4) is 0 Å². The Bertz CT molecular complexity index is 162. The standard InChI is InChI=1S/C7H8NO/c1-9-6-7-4-2-3-5-8-7/h2-5H,1,6H2. The summed E-state index contributed by atoms with van der Waals surface area (Å²) in [5.41, 5.74) is 0.910. The van der Waals surface area contributed by atoms with Gasteiger partial charge in [0.15, 0.2) is 0 Å². The molecule has 0 aromatic carbocycles. The molecule has 0 N–H and O–H groups in total. The van der Waals surface area contributed by atoms with Gasteiger partial charge in [0.05, 0.1) is 19.4 Å². The zero-order valence-electron chi connectivity index (χ0n) is 5.08. The number of hydrogen-bond acceptors (Lipinski definition) is 2. The summed E-state index contributed by atoms with van der Waals surface area (Å²) in [6, 6.07) is 5.68. The summed E-state index contributed by atoms with van der Waals surface area (Å²) >= 11 is 0. The van der Waals surface area contributed by atoms with Gasteiger partial charge in [0.25, 0.3) is 0 Å². The Morgan fingerprint density at radius 1 is 1.56 bits per heavy atom. The smallest absolute Gasteiger partial charge is 0.0889 e. The lowest BCUT2D eigenvalue weighted by molar-refractivity contribution is 0.225. The first-order valence-electron chi connectivity index (χ1n) is 2.70. The van der Waals surface area contributed by atoms with Crippen LogP contribution in [-0.2, 0) is 11.3 Å². The van der Waals surface area contributed by atoms with E-state index < -0.39 is 0 Å². The summed E-state index contributed by atoms with van der Waals surface area (Å²) in [6.07, 6.45) is 1.73. The van der Waals surface area contributed by atoms with Gasteiger partial charge in [0, 0.05) is 6.20 Å². The molecule has 0 saturated heterocycles. The van der Waals surface area contributed by atoms with Crippen LogP contribution in [0.25, 0.3) is 0 Å². The molecule has 1 aromatic rings. The van der Waals surface area contributed by atoms with Crippen molar-refractivity contribution in [3.05, 3.63) is 37.2 Å². The van der Waals surface area contributed by atoms with Gasteiger partial charge in [-0.25, -0.2) is 0 Å². The number of ether oxygens (including phenoxy) is 1. The number of aromatic nitrogens is 1. The fraction of sp³-hybridized carbons (Fsp3) is 0.143. The summed E-state index contributed by atoms with van der Waals surface area (Å²) in [7, 11) is 3.24. The van der Waals surface area contributed by atoms with Crippen LogP contribution in [0.1, 0.15) is 5.69 Å². The number of hydrogen-bond donors (Lipinski definition) is 0. The monoisotopic (exact) mass is 122 g/mol. The molecule has 2 nitrogen and oxygen atoms in total. The molecule has 1 aromatic heterocycles. The van der Waals surface area contributed by atoms with Crippen molar-refractivity contribution in [2.75, 3.05) is 0 Å². The molecule has 0 amide bonds. The molecule has 0 bridgehead atoms. The lowest BCUT2D eigenvalue weighted by atomic mass is 10.4. The molecule has 2 heteroatoms. The Hall–Kier alpha value is -0.890. The van der Waals surface area contributed by atoms with E-state index in [2.05, 4.69) is 16.8 Å². The van der Waals surface area contributed by atoms with E-state index >= 15 is 0 Å². The van der Waals surface area contributed by atoms with Crippen LogP contribution in [0.2, 0.25) is 0 Å². The van der Waals surface area contributed by atoms with Crippen molar-refractivity contribution in [2.24, 2.45) is 0 Å². The Labute approximate surface area is 54.5 Å². The molecule has 1 heterocycles. The van der Waals surface area contributed by atoms with Crippen LogP contribution >= 0.6 is 0 Å². The maximum Gasteiger partial charge on any atom is 0.0889 e. The highest BCUT2D eigenvalue weighted by Crippen LogP contribution is 1.93. The Morgan fingerprint density at radius 3 is 3.00 bits per heavy atom. The van der Waals surface area contributed by atoms with Crippen LogP contribution in [0.3, 0.4) is 0 Å². The van der Waals surface area contributed by atoms with Crippen molar-refractivity contribution >= 4 is 0 Å². The molecule has 0 atom stereocenters. The van der Waals surface area contributed by atoms with E-state index in [1.165, 1.54) is 0 Å². The molecule has 1 radical (unpaired) electrons. The SMILES string of the molecule is [CH2]OCc1ccccn1. The van der Waals surface area contributed by atoms with Gasteiger partial charge < -0.3 is 4.74 Å². The maximum absolute atomic E-state index is 4.62. The summed E-state index contributed by atoms with van der Waals surface area (Å²) in [5, 5.41) is 0. The van der Waals surface area contributed by atoms with Gasteiger partial charge in [-0.15, -0.1) is 0 Å². The topological polar surface area (TPSA) is 22.1 Å². The normalized spacial score (nSPS) is 9.44. The summed E-state index contributed by atoms with van der Waals surface area (Å²) < 4.78 is 4.62. The van der Waals surface area contributed by atoms with Crippen LogP contribution in [-0.4, -0.2) is 4.98 Å². The second-order valence-corrected chi connectivity index (χ2v) is 1.67. The van der Waals surface area contributed by atoms with Gasteiger partial charge in [-0.1, -0.05) is 6.07 Å². The summed E-state index contributed by atoms with van der Waals surface area (Å²) in [5.74, 6) is 0. The number of rotatable bonds is 2. The van der Waals surface area contributed by atoms with E-state index in [0.29, 0.717) is 6.61 Å². The Balaban J connectivity index is 2.61. The highest BCUT2D eigenvalue weighted by Gasteiger charge is 1.86. The molecular formula is C7H8NO. The average Bonchev–Trinajstić information content (AvgIpc) is 1.91. The van der Waals surface area contributed by atoms with Crippen molar-refractivity contribution in [3.63, 3.8) is 0 Å². The Morgan fingerprint density at radius 2 is 2.44 bits per heavy atom. The molecule has 0 aliphatic heterocycles. The number of pyridine rings is 1. The fourth-order valence-corrected chi connectivity index (χ4v) is 0.588. The van der Waals surface area contributed by atoms with Gasteiger partial charge >= 0.3 is 0 Å². The second kappa shape index (κ2) is 3.20. The van der Waals surface area contributed by atoms with Crippen LogP contribution in [0.4, 0.5) is 0 Å². The van der Waals surface area contributed by atoms with E-state index in [9.17, 15) is 0 Å². The van der Waals surface area contributed by atoms with Gasteiger partial charge in [-0.2, -0.15) is 0 Å².